The van der Waals surface area contributed by atoms with E-state index in [-0.39, 0.29) is 4.90 Å². The molecule has 0 atom stereocenters. The SMILES string of the molecule is Cc1cc(S(=O)(=O)Nc2c(Br)cccc2Br)ccc1Br. The van der Waals surface area contributed by atoms with Crippen LogP contribution in [0.2, 0.25) is 0 Å². The Morgan fingerprint density at radius 3 is 2.10 bits per heavy atom. The first-order chi connectivity index (χ1) is 9.31. The predicted octanol–water partition coefficient (Wildman–Crippen LogP) is 5.08. The third kappa shape index (κ3) is 3.44. The van der Waals surface area contributed by atoms with E-state index in [1.807, 2.05) is 13.0 Å². The number of sulfonamides is 1. The molecule has 2 aromatic rings. The standard InChI is InChI=1S/C13H10Br3NO2S/c1-8-7-9(5-6-10(8)14)20(18,19)17-13-11(15)3-2-4-12(13)16/h2-7,17H,1H3. The Labute approximate surface area is 143 Å². The summed E-state index contributed by atoms with van der Waals surface area (Å²) in [4.78, 5) is 0.223. The second-order valence-electron chi connectivity index (χ2n) is 4.11. The molecular formula is C13H10Br3NO2S. The van der Waals surface area contributed by atoms with Gasteiger partial charge in [-0.1, -0.05) is 22.0 Å². The molecule has 2 rings (SSSR count). The zero-order valence-corrected chi connectivity index (χ0v) is 15.9. The molecule has 0 saturated carbocycles. The number of rotatable bonds is 3. The normalized spacial score (nSPS) is 11.4. The van der Waals surface area contributed by atoms with Gasteiger partial charge in [0.1, 0.15) is 0 Å². The van der Waals surface area contributed by atoms with Crippen molar-refractivity contribution < 1.29 is 8.42 Å². The average molecular weight is 484 g/mol. The van der Waals surface area contributed by atoms with Crippen molar-refractivity contribution in [2.45, 2.75) is 11.8 Å². The average Bonchev–Trinajstić information content (AvgIpc) is 2.37. The Balaban J connectivity index is 2.43. The van der Waals surface area contributed by atoms with Crippen LogP contribution in [0.1, 0.15) is 5.56 Å². The number of hydrogen-bond acceptors (Lipinski definition) is 2. The largest absolute Gasteiger partial charge is 0.277 e. The molecule has 0 unspecified atom stereocenters. The number of para-hydroxylation sites is 1. The van der Waals surface area contributed by atoms with Crippen LogP contribution in [0.4, 0.5) is 5.69 Å². The fraction of sp³-hybridized carbons (Fsp3) is 0.0769. The highest BCUT2D eigenvalue weighted by molar-refractivity contribution is 9.11. The monoisotopic (exact) mass is 481 g/mol. The fourth-order valence-electron chi connectivity index (χ4n) is 1.57. The van der Waals surface area contributed by atoms with Gasteiger partial charge in [-0.2, -0.15) is 0 Å². The Bertz CT molecular complexity index is 740. The van der Waals surface area contributed by atoms with Crippen molar-refractivity contribution in [3.63, 3.8) is 0 Å². The van der Waals surface area contributed by atoms with Gasteiger partial charge < -0.3 is 0 Å². The van der Waals surface area contributed by atoms with E-state index in [0.717, 1.165) is 10.0 Å². The molecule has 0 radical (unpaired) electrons. The summed E-state index contributed by atoms with van der Waals surface area (Å²) < 4.78 is 29.6. The number of nitrogens with one attached hydrogen (secondary N) is 1. The van der Waals surface area contributed by atoms with Gasteiger partial charge in [-0.15, -0.1) is 0 Å². The Hall–Kier alpha value is -0.370. The zero-order chi connectivity index (χ0) is 14.9. The van der Waals surface area contributed by atoms with E-state index in [4.69, 9.17) is 0 Å². The number of aryl methyl sites for hydroxylation is 1. The van der Waals surface area contributed by atoms with Crippen LogP contribution < -0.4 is 4.72 Å². The van der Waals surface area contributed by atoms with E-state index in [9.17, 15) is 8.42 Å². The molecule has 0 bridgehead atoms. The second kappa shape index (κ2) is 6.17. The van der Waals surface area contributed by atoms with E-state index < -0.39 is 10.0 Å². The number of anilines is 1. The lowest BCUT2D eigenvalue weighted by Gasteiger charge is -2.12. The van der Waals surface area contributed by atoms with Crippen LogP contribution in [-0.2, 0) is 10.0 Å². The van der Waals surface area contributed by atoms with Gasteiger partial charge >= 0.3 is 0 Å². The van der Waals surface area contributed by atoms with Crippen molar-refractivity contribution in [2.75, 3.05) is 4.72 Å². The number of hydrogen-bond donors (Lipinski definition) is 1. The van der Waals surface area contributed by atoms with Crippen LogP contribution >= 0.6 is 47.8 Å². The van der Waals surface area contributed by atoms with Gasteiger partial charge in [0.15, 0.2) is 0 Å². The highest BCUT2D eigenvalue weighted by Crippen LogP contribution is 2.32. The van der Waals surface area contributed by atoms with E-state index in [1.54, 1.807) is 30.3 Å². The molecule has 0 amide bonds. The fourth-order valence-corrected chi connectivity index (χ4v) is 4.46. The summed E-state index contributed by atoms with van der Waals surface area (Å²) in [5.74, 6) is 0. The minimum Gasteiger partial charge on any atom is -0.277 e. The topological polar surface area (TPSA) is 46.2 Å². The Kier molecular flexibility index (Phi) is 4.94. The van der Waals surface area contributed by atoms with Crippen molar-refractivity contribution in [1.82, 2.24) is 0 Å². The summed E-state index contributed by atoms with van der Waals surface area (Å²) in [7, 11) is -3.63. The maximum atomic E-state index is 12.4. The molecule has 0 spiro atoms. The third-order valence-corrected chi connectivity index (χ3v) is 6.20. The van der Waals surface area contributed by atoms with Gasteiger partial charge in [-0.05, 0) is 74.7 Å². The zero-order valence-electron chi connectivity index (χ0n) is 10.3. The van der Waals surface area contributed by atoms with Crippen LogP contribution in [0.3, 0.4) is 0 Å². The Morgan fingerprint density at radius 1 is 0.950 bits per heavy atom. The maximum absolute atomic E-state index is 12.4. The molecule has 2 aromatic carbocycles. The molecule has 0 aliphatic heterocycles. The van der Waals surface area contributed by atoms with Crippen LogP contribution in [-0.4, -0.2) is 8.42 Å². The van der Waals surface area contributed by atoms with Crippen LogP contribution in [0.25, 0.3) is 0 Å². The minimum absolute atomic E-state index is 0.223. The maximum Gasteiger partial charge on any atom is 0.261 e. The predicted molar refractivity (Wildman–Crippen MR) is 91.5 cm³/mol. The van der Waals surface area contributed by atoms with E-state index >= 15 is 0 Å². The molecule has 0 fully saturated rings. The summed E-state index contributed by atoms with van der Waals surface area (Å²) in [5.41, 5.74) is 1.34. The summed E-state index contributed by atoms with van der Waals surface area (Å²) >= 11 is 10.0. The van der Waals surface area contributed by atoms with Crippen molar-refractivity contribution in [1.29, 1.82) is 0 Å². The van der Waals surface area contributed by atoms with Crippen molar-refractivity contribution in [3.8, 4) is 0 Å². The Morgan fingerprint density at radius 2 is 1.55 bits per heavy atom. The molecular weight excluding hydrogens is 474 g/mol. The van der Waals surface area contributed by atoms with Gasteiger partial charge in [0.2, 0.25) is 0 Å². The molecule has 0 aromatic heterocycles. The summed E-state index contributed by atoms with van der Waals surface area (Å²) in [6.07, 6.45) is 0. The first-order valence-corrected chi connectivity index (χ1v) is 9.40. The van der Waals surface area contributed by atoms with Gasteiger partial charge in [0, 0.05) is 13.4 Å². The molecule has 20 heavy (non-hydrogen) atoms. The highest BCUT2D eigenvalue weighted by atomic mass is 79.9. The molecule has 0 heterocycles. The summed E-state index contributed by atoms with van der Waals surface area (Å²) in [5, 5.41) is 0. The van der Waals surface area contributed by atoms with Gasteiger partial charge in [-0.25, -0.2) is 8.42 Å². The summed E-state index contributed by atoms with van der Waals surface area (Å²) in [6.45, 7) is 1.84. The molecule has 0 aliphatic rings. The van der Waals surface area contributed by atoms with Gasteiger partial charge in [-0.3, -0.25) is 4.72 Å². The molecule has 7 heteroatoms. The second-order valence-corrected chi connectivity index (χ2v) is 8.36. The van der Waals surface area contributed by atoms with E-state index in [0.29, 0.717) is 14.6 Å². The quantitative estimate of drug-likeness (QED) is 0.661. The number of halogens is 3. The smallest absolute Gasteiger partial charge is 0.261 e. The van der Waals surface area contributed by atoms with Crippen molar-refractivity contribution in [2.24, 2.45) is 0 Å². The van der Waals surface area contributed by atoms with Gasteiger partial charge in [0.05, 0.1) is 10.6 Å². The third-order valence-electron chi connectivity index (χ3n) is 2.64. The molecule has 0 aliphatic carbocycles. The molecule has 106 valence electrons. The lowest BCUT2D eigenvalue weighted by Crippen LogP contribution is -2.14. The van der Waals surface area contributed by atoms with Crippen molar-refractivity contribution >= 4 is 63.5 Å². The first kappa shape index (κ1) is 16.0. The number of benzene rings is 2. The van der Waals surface area contributed by atoms with E-state index in [1.165, 1.54) is 0 Å². The summed E-state index contributed by atoms with van der Waals surface area (Å²) in [6, 6.07) is 10.3. The van der Waals surface area contributed by atoms with Crippen LogP contribution in [0, 0.1) is 6.92 Å². The first-order valence-electron chi connectivity index (χ1n) is 5.54. The van der Waals surface area contributed by atoms with Gasteiger partial charge in [0.25, 0.3) is 10.0 Å². The molecule has 1 N–H and O–H groups in total. The highest BCUT2D eigenvalue weighted by Gasteiger charge is 2.17. The molecule has 0 saturated heterocycles. The minimum atomic E-state index is -3.63. The molecule has 3 nitrogen and oxygen atoms in total. The van der Waals surface area contributed by atoms with Crippen LogP contribution in [0.5, 0.6) is 0 Å². The van der Waals surface area contributed by atoms with Crippen molar-refractivity contribution in [3.05, 3.63) is 55.4 Å². The van der Waals surface area contributed by atoms with E-state index in [2.05, 4.69) is 52.5 Å². The lowest BCUT2D eigenvalue weighted by atomic mass is 10.2. The lowest BCUT2D eigenvalue weighted by molar-refractivity contribution is 0.601. The van der Waals surface area contributed by atoms with Crippen LogP contribution in [0.15, 0.2) is 54.7 Å².